The van der Waals surface area contributed by atoms with Crippen molar-refractivity contribution in [2.45, 2.75) is 84.1 Å². The van der Waals surface area contributed by atoms with Crippen LogP contribution in [-0.2, 0) is 0 Å². The minimum absolute atomic E-state index is 0.847. The summed E-state index contributed by atoms with van der Waals surface area (Å²) in [4.78, 5) is 0. The van der Waals surface area contributed by atoms with E-state index in [4.69, 9.17) is 0 Å². The molecule has 1 heteroatoms. The van der Waals surface area contributed by atoms with Crippen LogP contribution in [0, 0.1) is 17.8 Å². The second kappa shape index (κ2) is 7.53. The summed E-state index contributed by atoms with van der Waals surface area (Å²) in [6, 6.07) is 0.847. The molecule has 0 heterocycles. The fraction of sp³-hybridized carbons (Fsp3) is 1.00. The molecule has 0 aromatic heterocycles. The van der Waals surface area contributed by atoms with Crippen LogP contribution < -0.4 is 5.32 Å². The minimum atomic E-state index is 0.847. The molecule has 0 aromatic rings. The van der Waals surface area contributed by atoms with Gasteiger partial charge in [0.25, 0.3) is 0 Å². The van der Waals surface area contributed by atoms with Crippen LogP contribution in [0.15, 0.2) is 0 Å². The van der Waals surface area contributed by atoms with Gasteiger partial charge in [-0.25, -0.2) is 0 Å². The average molecular weight is 251 g/mol. The van der Waals surface area contributed by atoms with Gasteiger partial charge in [0.2, 0.25) is 0 Å². The van der Waals surface area contributed by atoms with Gasteiger partial charge in [-0.15, -0.1) is 0 Å². The van der Waals surface area contributed by atoms with Gasteiger partial charge in [-0.2, -0.15) is 0 Å². The van der Waals surface area contributed by atoms with Crippen LogP contribution in [-0.4, -0.2) is 12.6 Å². The molecule has 1 N–H and O–H groups in total. The van der Waals surface area contributed by atoms with Crippen molar-refractivity contribution >= 4 is 0 Å². The predicted octanol–water partition coefficient (Wildman–Crippen LogP) is 4.76. The van der Waals surface area contributed by atoms with E-state index in [9.17, 15) is 0 Å². The average Bonchev–Trinajstić information content (AvgIpc) is 2.99. The number of hydrogen-bond acceptors (Lipinski definition) is 1. The molecule has 0 saturated heterocycles. The maximum Gasteiger partial charge on any atom is 0.00955 e. The van der Waals surface area contributed by atoms with Crippen LogP contribution in [0.1, 0.15) is 78.1 Å². The van der Waals surface area contributed by atoms with E-state index in [2.05, 4.69) is 19.2 Å². The summed E-state index contributed by atoms with van der Waals surface area (Å²) in [5.41, 5.74) is 0. The van der Waals surface area contributed by atoms with Crippen molar-refractivity contribution in [3.8, 4) is 0 Å². The van der Waals surface area contributed by atoms with Gasteiger partial charge < -0.3 is 5.32 Å². The number of nitrogens with one attached hydrogen (secondary N) is 1. The minimum Gasteiger partial charge on any atom is -0.314 e. The maximum atomic E-state index is 3.84. The van der Waals surface area contributed by atoms with E-state index in [-0.39, 0.29) is 0 Å². The van der Waals surface area contributed by atoms with Crippen LogP contribution >= 0.6 is 0 Å². The molecule has 2 aliphatic carbocycles. The highest BCUT2D eigenvalue weighted by molar-refractivity contribution is 4.99. The lowest BCUT2D eigenvalue weighted by atomic mass is 9.90. The zero-order valence-corrected chi connectivity index (χ0v) is 12.6. The number of hydrogen-bond donors (Lipinski definition) is 1. The molecule has 0 aliphatic heterocycles. The Morgan fingerprint density at radius 2 is 1.61 bits per heavy atom. The molecule has 106 valence electrons. The first-order chi connectivity index (χ1) is 8.85. The van der Waals surface area contributed by atoms with Gasteiger partial charge in [0, 0.05) is 6.04 Å². The standard InChI is InChI=1S/C17H33N/c1-3-5-6-7-8-9-17(18-10-4-2)16-12-14-11-15(14)13-16/h14-18H,3-13H2,1-2H3. The molecular weight excluding hydrogens is 218 g/mol. The lowest BCUT2D eigenvalue weighted by molar-refractivity contribution is 0.310. The zero-order valence-electron chi connectivity index (χ0n) is 12.6. The van der Waals surface area contributed by atoms with Crippen LogP contribution in [0.4, 0.5) is 0 Å². The first-order valence-corrected chi connectivity index (χ1v) is 8.58. The van der Waals surface area contributed by atoms with E-state index in [0.29, 0.717) is 0 Å². The molecule has 3 unspecified atom stereocenters. The first kappa shape index (κ1) is 14.4. The lowest BCUT2D eigenvalue weighted by Gasteiger charge is -2.26. The summed E-state index contributed by atoms with van der Waals surface area (Å²) in [7, 11) is 0. The largest absolute Gasteiger partial charge is 0.314 e. The summed E-state index contributed by atoms with van der Waals surface area (Å²) in [5.74, 6) is 3.30. The van der Waals surface area contributed by atoms with Gasteiger partial charge in [-0.05, 0) is 56.4 Å². The Bertz CT molecular complexity index is 216. The molecule has 0 amide bonds. The van der Waals surface area contributed by atoms with Gasteiger partial charge in [0.05, 0.1) is 0 Å². The molecule has 2 fully saturated rings. The van der Waals surface area contributed by atoms with Crippen LogP contribution in [0.25, 0.3) is 0 Å². The summed E-state index contributed by atoms with van der Waals surface area (Å²) in [5, 5.41) is 3.84. The lowest BCUT2D eigenvalue weighted by Crippen LogP contribution is -2.36. The highest BCUT2D eigenvalue weighted by Crippen LogP contribution is 2.55. The van der Waals surface area contributed by atoms with Crippen molar-refractivity contribution in [1.82, 2.24) is 5.32 Å². The summed E-state index contributed by atoms with van der Waals surface area (Å²) in [6.45, 7) is 5.82. The molecule has 2 saturated carbocycles. The topological polar surface area (TPSA) is 12.0 Å². The molecule has 0 radical (unpaired) electrons. The predicted molar refractivity (Wildman–Crippen MR) is 79.8 cm³/mol. The normalized spacial score (nSPS) is 31.3. The quantitative estimate of drug-likeness (QED) is 0.552. The molecule has 2 aliphatic rings. The van der Waals surface area contributed by atoms with Crippen molar-refractivity contribution in [2.75, 3.05) is 6.54 Å². The van der Waals surface area contributed by atoms with E-state index < -0.39 is 0 Å². The molecule has 18 heavy (non-hydrogen) atoms. The zero-order chi connectivity index (χ0) is 12.8. The van der Waals surface area contributed by atoms with E-state index in [1.165, 1.54) is 51.5 Å². The smallest absolute Gasteiger partial charge is 0.00955 e. The maximum absolute atomic E-state index is 3.84. The Kier molecular flexibility index (Phi) is 6.01. The molecular formula is C17H33N. The highest BCUT2D eigenvalue weighted by Gasteiger charge is 2.47. The van der Waals surface area contributed by atoms with Crippen LogP contribution in [0.3, 0.4) is 0 Å². The monoisotopic (exact) mass is 251 g/mol. The van der Waals surface area contributed by atoms with Crippen molar-refractivity contribution in [3.63, 3.8) is 0 Å². The van der Waals surface area contributed by atoms with Gasteiger partial charge in [0.15, 0.2) is 0 Å². The Balaban J connectivity index is 1.64. The molecule has 3 atom stereocenters. The van der Waals surface area contributed by atoms with Crippen LogP contribution in [0.2, 0.25) is 0 Å². The van der Waals surface area contributed by atoms with Crippen LogP contribution in [0.5, 0.6) is 0 Å². The fourth-order valence-electron chi connectivity index (χ4n) is 3.89. The van der Waals surface area contributed by atoms with Gasteiger partial charge >= 0.3 is 0 Å². The van der Waals surface area contributed by atoms with Crippen molar-refractivity contribution < 1.29 is 0 Å². The summed E-state index contributed by atoms with van der Waals surface area (Å²) >= 11 is 0. The van der Waals surface area contributed by atoms with Crippen molar-refractivity contribution in [2.24, 2.45) is 17.8 Å². The Morgan fingerprint density at radius 3 is 2.28 bits per heavy atom. The Labute approximate surface area is 114 Å². The molecule has 1 nitrogen and oxygen atoms in total. The second-order valence-corrected chi connectivity index (χ2v) is 6.75. The van der Waals surface area contributed by atoms with Gasteiger partial charge in [-0.1, -0.05) is 46.0 Å². The van der Waals surface area contributed by atoms with E-state index in [0.717, 1.165) is 23.8 Å². The van der Waals surface area contributed by atoms with Crippen molar-refractivity contribution in [3.05, 3.63) is 0 Å². The molecule has 0 spiro atoms. The molecule has 2 rings (SSSR count). The van der Waals surface area contributed by atoms with E-state index in [1.807, 2.05) is 0 Å². The number of fused-ring (bicyclic) bond motifs is 1. The SMILES string of the molecule is CCCCCCCC(NCCC)C1CC2CC2C1. The molecule has 0 aromatic carbocycles. The second-order valence-electron chi connectivity index (χ2n) is 6.75. The third kappa shape index (κ3) is 4.26. The Hall–Kier alpha value is -0.0400. The highest BCUT2D eigenvalue weighted by atomic mass is 14.9. The number of unbranched alkanes of at least 4 members (excludes halogenated alkanes) is 4. The number of rotatable bonds is 10. The van der Waals surface area contributed by atoms with Gasteiger partial charge in [0.1, 0.15) is 0 Å². The van der Waals surface area contributed by atoms with E-state index >= 15 is 0 Å². The third-order valence-corrected chi connectivity index (χ3v) is 5.12. The summed E-state index contributed by atoms with van der Waals surface area (Å²) in [6.07, 6.45) is 14.5. The first-order valence-electron chi connectivity index (χ1n) is 8.58. The third-order valence-electron chi connectivity index (χ3n) is 5.12. The Morgan fingerprint density at radius 1 is 0.889 bits per heavy atom. The fourth-order valence-corrected chi connectivity index (χ4v) is 3.89. The van der Waals surface area contributed by atoms with E-state index in [1.54, 1.807) is 19.3 Å². The molecule has 0 bridgehead atoms. The van der Waals surface area contributed by atoms with Gasteiger partial charge in [-0.3, -0.25) is 0 Å². The van der Waals surface area contributed by atoms with Crippen molar-refractivity contribution in [1.29, 1.82) is 0 Å². The summed E-state index contributed by atoms with van der Waals surface area (Å²) < 4.78 is 0.